The highest BCUT2D eigenvalue weighted by molar-refractivity contribution is 5.83. The van der Waals surface area contributed by atoms with E-state index in [9.17, 15) is 9.59 Å². The molecule has 2 amide bonds. The molecule has 40 heavy (non-hydrogen) atoms. The zero-order valence-corrected chi connectivity index (χ0v) is 25.4. The van der Waals surface area contributed by atoms with Crippen molar-refractivity contribution in [3.05, 3.63) is 0 Å². The van der Waals surface area contributed by atoms with Crippen LogP contribution in [0.1, 0.15) is 85.0 Å². The molecule has 0 aromatic carbocycles. The Bertz CT molecular complexity index is 922. The first-order valence-corrected chi connectivity index (χ1v) is 16.5. The maximum atomic E-state index is 14.2. The fourth-order valence-corrected chi connectivity index (χ4v) is 10.2. The lowest BCUT2D eigenvalue weighted by Gasteiger charge is -2.53. The fraction of sp³-hybridized carbons (Fsp3) is 0.938. The Labute approximate surface area is 241 Å². The van der Waals surface area contributed by atoms with Gasteiger partial charge in [0.1, 0.15) is 12.1 Å². The molecule has 0 spiro atoms. The van der Waals surface area contributed by atoms with Crippen molar-refractivity contribution < 1.29 is 29.1 Å². The lowest BCUT2D eigenvalue weighted by Crippen LogP contribution is -2.99. The predicted octanol–water partition coefficient (Wildman–Crippen LogP) is 2.49. The summed E-state index contributed by atoms with van der Waals surface area (Å²) >= 11 is 0. The van der Waals surface area contributed by atoms with Crippen molar-refractivity contribution in [3.8, 4) is 0 Å². The number of carbonyl (C=O) groups excluding carboxylic acids is 2. The zero-order valence-electron chi connectivity index (χ0n) is 25.4. The van der Waals surface area contributed by atoms with Crippen LogP contribution in [0, 0.1) is 35.5 Å². The molecule has 3 aliphatic carbocycles. The highest BCUT2D eigenvalue weighted by Crippen LogP contribution is 2.53. The summed E-state index contributed by atoms with van der Waals surface area (Å²) in [5, 5.41) is 5.84. The van der Waals surface area contributed by atoms with Gasteiger partial charge in [0.2, 0.25) is 11.8 Å². The third-order valence-corrected chi connectivity index (χ3v) is 12.2. The van der Waals surface area contributed by atoms with Crippen LogP contribution in [0.2, 0.25) is 0 Å². The van der Waals surface area contributed by atoms with Crippen LogP contribution in [0.3, 0.4) is 0 Å². The standard InChI is InChI=1S/C32H53N3O5/c1-17(2)19-6-8-20(9-7-19)34-31(36)18(3)40-21-10-12-25-24(16-21)22-14-15-33-28-23-11-13-26(38-4)30(39-5)27(23)32(37)35(25)29(22)28/h17-30,33H,6-16H2,1-5H3,(H,34,36)/p+1. The van der Waals surface area contributed by atoms with Crippen molar-refractivity contribution in [2.24, 2.45) is 35.5 Å². The van der Waals surface area contributed by atoms with Gasteiger partial charge in [0, 0.05) is 38.6 Å². The lowest BCUT2D eigenvalue weighted by molar-refractivity contribution is -0.713. The van der Waals surface area contributed by atoms with E-state index in [2.05, 4.69) is 29.4 Å². The van der Waals surface area contributed by atoms with Crippen LogP contribution in [0.4, 0.5) is 0 Å². The molecule has 11 atom stereocenters. The minimum atomic E-state index is -0.432. The van der Waals surface area contributed by atoms with Crippen LogP contribution < -0.4 is 10.6 Å². The summed E-state index contributed by atoms with van der Waals surface area (Å²) in [5.41, 5.74) is 0. The number of fused-ring (bicyclic) bond motifs is 5. The highest BCUT2D eigenvalue weighted by Gasteiger charge is 2.66. The molecule has 6 aliphatic rings. The van der Waals surface area contributed by atoms with Crippen LogP contribution >= 0.6 is 0 Å². The van der Waals surface area contributed by atoms with Crippen LogP contribution in [0.5, 0.6) is 0 Å². The fourth-order valence-electron chi connectivity index (χ4n) is 10.2. The second kappa shape index (κ2) is 11.8. The summed E-state index contributed by atoms with van der Waals surface area (Å²) in [6.45, 7) is 7.68. The Morgan fingerprint density at radius 2 is 1.70 bits per heavy atom. The van der Waals surface area contributed by atoms with Gasteiger partial charge < -0.3 is 29.7 Å². The van der Waals surface area contributed by atoms with Crippen LogP contribution in [0.25, 0.3) is 0 Å². The number of nitrogens with zero attached hydrogens (tertiary/aromatic N) is 1. The van der Waals surface area contributed by atoms with E-state index < -0.39 is 6.10 Å². The molecule has 0 radical (unpaired) electrons. The summed E-state index contributed by atoms with van der Waals surface area (Å²) in [4.78, 5) is 29.7. The first kappa shape index (κ1) is 28.9. The molecular formula is C32H54N3O5+. The number of nitrogens with two attached hydrogens (primary N) is 1. The average Bonchev–Trinajstić information content (AvgIpc) is 3.30. The molecule has 6 fully saturated rings. The van der Waals surface area contributed by atoms with Crippen molar-refractivity contribution in [2.75, 3.05) is 20.8 Å². The minimum absolute atomic E-state index is 0.00782. The van der Waals surface area contributed by atoms with Crippen LogP contribution in [-0.4, -0.2) is 86.1 Å². The minimum Gasteiger partial charge on any atom is -0.379 e. The number of nitrogens with one attached hydrogen (secondary N) is 1. The van der Waals surface area contributed by atoms with E-state index in [1.54, 1.807) is 14.2 Å². The third-order valence-electron chi connectivity index (χ3n) is 12.2. The molecule has 8 nitrogen and oxygen atoms in total. The average molecular weight is 561 g/mol. The first-order valence-electron chi connectivity index (χ1n) is 16.5. The van der Waals surface area contributed by atoms with Gasteiger partial charge in [-0.15, -0.1) is 0 Å². The lowest BCUT2D eigenvalue weighted by atomic mass is 9.64. The Hall–Kier alpha value is -1.22. The second-order valence-corrected chi connectivity index (χ2v) is 14.3. The largest absolute Gasteiger partial charge is 0.379 e. The van der Waals surface area contributed by atoms with E-state index in [0.717, 1.165) is 63.3 Å². The molecule has 3 aliphatic heterocycles. The van der Waals surface area contributed by atoms with Gasteiger partial charge in [-0.2, -0.15) is 0 Å². The Kier molecular flexibility index (Phi) is 8.53. The number of methoxy groups -OCH3 is 2. The summed E-state index contributed by atoms with van der Waals surface area (Å²) in [5.74, 6) is 3.13. The SMILES string of the molecule is COC1CCC2C3[NH2+]CCC4C5CC(OC(C)C(=O)NC6CCC(C(C)C)CC6)CCC5N(C(=O)C2C1OC)C43. The third kappa shape index (κ3) is 5.03. The van der Waals surface area contributed by atoms with Gasteiger partial charge in [0.25, 0.3) is 0 Å². The number of hydrogen-bond acceptors (Lipinski definition) is 5. The second-order valence-electron chi connectivity index (χ2n) is 14.3. The summed E-state index contributed by atoms with van der Waals surface area (Å²) < 4.78 is 18.2. The first-order chi connectivity index (χ1) is 19.3. The zero-order chi connectivity index (χ0) is 28.1. The Morgan fingerprint density at radius 1 is 0.925 bits per heavy atom. The quantitative estimate of drug-likeness (QED) is 0.499. The number of carbonyl (C=O) groups is 2. The highest BCUT2D eigenvalue weighted by atomic mass is 16.5. The van der Waals surface area contributed by atoms with E-state index in [-0.39, 0.29) is 42.2 Å². The number of piperidine rings is 2. The molecule has 226 valence electrons. The molecule has 0 bridgehead atoms. The van der Waals surface area contributed by atoms with Gasteiger partial charge in [-0.05, 0) is 88.4 Å². The van der Waals surface area contributed by atoms with Crippen molar-refractivity contribution in [1.82, 2.24) is 10.2 Å². The van der Waals surface area contributed by atoms with Gasteiger partial charge in [0.05, 0.1) is 36.8 Å². The Morgan fingerprint density at radius 3 is 2.40 bits per heavy atom. The van der Waals surface area contributed by atoms with Crippen LogP contribution in [0.15, 0.2) is 0 Å². The van der Waals surface area contributed by atoms with E-state index in [0.29, 0.717) is 35.7 Å². The van der Waals surface area contributed by atoms with Crippen molar-refractivity contribution in [2.45, 2.75) is 134 Å². The molecule has 6 rings (SSSR count). The number of amides is 2. The molecule has 8 heteroatoms. The molecule has 11 unspecified atom stereocenters. The molecule has 0 aromatic heterocycles. The van der Waals surface area contributed by atoms with Crippen molar-refractivity contribution >= 4 is 11.8 Å². The van der Waals surface area contributed by atoms with Gasteiger partial charge in [-0.3, -0.25) is 9.59 Å². The van der Waals surface area contributed by atoms with E-state index in [4.69, 9.17) is 14.2 Å². The smallest absolute Gasteiger partial charge is 0.249 e. The Balaban J connectivity index is 1.10. The predicted molar refractivity (Wildman–Crippen MR) is 151 cm³/mol. The molecule has 3 N–H and O–H groups in total. The van der Waals surface area contributed by atoms with Gasteiger partial charge in [0.15, 0.2) is 0 Å². The van der Waals surface area contributed by atoms with E-state index in [1.165, 1.54) is 19.3 Å². The van der Waals surface area contributed by atoms with E-state index in [1.807, 2.05) is 6.92 Å². The molecule has 3 saturated carbocycles. The molecule has 0 aromatic rings. The van der Waals surface area contributed by atoms with Crippen molar-refractivity contribution in [3.63, 3.8) is 0 Å². The van der Waals surface area contributed by atoms with Gasteiger partial charge in [-0.1, -0.05) is 13.8 Å². The normalized spacial score (nSPS) is 45.5. The summed E-state index contributed by atoms with van der Waals surface area (Å²) in [6.07, 6.45) is 10.1. The number of rotatable bonds is 7. The number of ether oxygens (including phenoxy) is 3. The molecular weight excluding hydrogens is 506 g/mol. The van der Waals surface area contributed by atoms with E-state index >= 15 is 0 Å². The summed E-state index contributed by atoms with van der Waals surface area (Å²) in [6, 6.07) is 1.36. The maximum absolute atomic E-state index is 14.2. The maximum Gasteiger partial charge on any atom is 0.249 e. The van der Waals surface area contributed by atoms with Crippen LogP contribution in [-0.2, 0) is 23.8 Å². The van der Waals surface area contributed by atoms with Gasteiger partial charge in [-0.25, -0.2) is 0 Å². The number of hydrogen-bond donors (Lipinski definition) is 2. The molecule has 3 heterocycles. The molecule has 3 saturated heterocycles. The summed E-state index contributed by atoms with van der Waals surface area (Å²) in [7, 11) is 3.50. The van der Waals surface area contributed by atoms with Crippen molar-refractivity contribution in [1.29, 1.82) is 0 Å². The monoisotopic (exact) mass is 560 g/mol. The van der Waals surface area contributed by atoms with Gasteiger partial charge >= 0.3 is 0 Å². The number of quaternary nitrogens is 1. The topological polar surface area (TPSA) is 93.7 Å².